The van der Waals surface area contributed by atoms with Crippen molar-refractivity contribution in [2.75, 3.05) is 19.0 Å². The first-order chi connectivity index (χ1) is 10.7. The summed E-state index contributed by atoms with van der Waals surface area (Å²) < 4.78 is 14.7. The fourth-order valence-corrected chi connectivity index (χ4v) is 3.44. The fourth-order valence-electron chi connectivity index (χ4n) is 2.02. The van der Waals surface area contributed by atoms with Crippen LogP contribution in [0.3, 0.4) is 0 Å². The number of hydrogen-bond donors (Lipinski definition) is 1. The highest BCUT2D eigenvalue weighted by Crippen LogP contribution is 2.29. The highest BCUT2D eigenvalue weighted by atomic mass is 32.2. The number of methoxy groups -OCH3 is 1. The largest absolute Gasteiger partial charge is 0.497 e. The molecule has 1 aromatic carbocycles. The van der Waals surface area contributed by atoms with Crippen molar-refractivity contribution in [1.29, 1.82) is 0 Å². The highest BCUT2D eigenvalue weighted by molar-refractivity contribution is 7.99. The average molecular weight is 337 g/mol. The van der Waals surface area contributed by atoms with Gasteiger partial charge in [0.2, 0.25) is 10.3 Å². The van der Waals surface area contributed by atoms with E-state index in [-0.39, 0.29) is 12.0 Å². The first kappa shape index (κ1) is 15.3. The van der Waals surface area contributed by atoms with Gasteiger partial charge in [0.25, 0.3) is 5.91 Å². The molecule has 1 aromatic heterocycles. The summed E-state index contributed by atoms with van der Waals surface area (Å²) in [6.07, 6.45) is 1.33. The molecule has 2 aromatic rings. The summed E-state index contributed by atoms with van der Waals surface area (Å²) in [6, 6.07) is 7.65. The lowest BCUT2D eigenvalue weighted by Crippen LogP contribution is -2.26. The van der Waals surface area contributed by atoms with Gasteiger partial charge in [0.1, 0.15) is 11.9 Å². The van der Waals surface area contributed by atoms with Gasteiger partial charge < -0.3 is 9.47 Å². The molecule has 22 heavy (non-hydrogen) atoms. The molecule has 1 aliphatic rings. The van der Waals surface area contributed by atoms with Gasteiger partial charge >= 0.3 is 0 Å². The number of nitrogens with one attached hydrogen (secondary N) is 1. The molecule has 1 unspecified atom stereocenters. The van der Waals surface area contributed by atoms with Gasteiger partial charge in [0.05, 0.1) is 7.11 Å². The van der Waals surface area contributed by atoms with Crippen molar-refractivity contribution in [2.24, 2.45) is 0 Å². The van der Waals surface area contributed by atoms with Crippen LogP contribution in [-0.2, 0) is 9.53 Å². The van der Waals surface area contributed by atoms with Gasteiger partial charge in [0.15, 0.2) is 0 Å². The zero-order chi connectivity index (χ0) is 15.4. The summed E-state index contributed by atoms with van der Waals surface area (Å²) in [7, 11) is 1.63. The third-order valence-electron chi connectivity index (χ3n) is 3.13. The van der Waals surface area contributed by atoms with Crippen LogP contribution in [0.25, 0.3) is 0 Å². The number of ether oxygens (including phenoxy) is 2. The number of benzene rings is 1. The van der Waals surface area contributed by atoms with Crippen LogP contribution >= 0.6 is 23.3 Å². The second kappa shape index (κ2) is 7.08. The minimum absolute atomic E-state index is 0.144. The van der Waals surface area contributed by atoms with Gasteiger partial charge in [-0.25, -0.2) is 0 Å². The van der Waals surface area contributed by atoms with Gasteiger partial charge in [0, 0.05) is 23.0 Å². The maximum absolute atomic E-state index is 11.9. The van der Waals surface area contributed by atoms with E-state index in [1.54, 1.807) is 7.11 Å². The van der Waals surface area contributed by atoms with Crippen molar-refractivity contribution < 1.29 is 14.3 Å². The van der Waals surface area contributed by atoms with E-state index >= 15 is 0 Å². The lowest BCUT2D eigenvalue weighted by atomic mass is 10.2. The minimum atomic E-state index is -0.360. The molecule has 1 saturated heterocycles. The van der Waals surface area contributed by atoms with Crippen molar-refractivity contribution in [3.8, 4) is 5.75 Å². The molecule has 1 fully saturated rings. The number of nitrogens with zero attached hydrogens (tertiary/aromatic N) is 2. The molecule has 0 radical (unpaired) electrons. The zero-order valence-electron chi connectivity index (χ0n) is 11.9. The summed E-state index contributed by atoms with van der Waals surface area (Å²) in [5.41, 5.74) is 0. The SMILES string of the molecule is COc1ccc(Sc2nsc(NC(=O)C3CCCO3)n2)cc1. The molecule has 2 heterocycles. The molecule has 3 rings (SSSR count). The Morgan fingerprint density at radius 2 is 2.27 bits per heavy atom. The molecule has 6 nitrogen and oxygen atoms in total. The van der Waals surface area contributed by atoms with Crippen molar-refractivity contribution >= 4 is 34.3 Å². The van der Waals surface area contributed by atoms with Gasteiger partial charge in [-0.1, -0.05) is 0 Å². The number of hydrogen-bond acceptors (Lipinski definition) is 7. The van der Waals surface area contributed by atoms with Crippen LogP contribution < -0.4 is 10.1 Å². The summed E-state index contributed by atoms with van der Waals surface area (Å²) in [5, 5.41) is 3.86. The first-order valence-electron chi connectivity index (χ1n) is 6.82. The number of anilines is 1. The Morgan fingerprint density at radius 3 is 2.95 bits per heavy atom. The predicted octanol–water partition coefficient (Wildman–Crippen LogP) is 2.82. The van der Waals surface area contributed by atoms with Crippen molar-refractivity contribution in [2.45, 2.75) is 29.0 Å². The Kier molecular flexibility index (Phi) is 4.91. The Balaban J connectivity index is 1.59. The molecular formula is C14H15N3O3S2. The predicted molar refractivity (Wildman–Crippen MR) is 84.6 cm³/mol. The van der Waals surface area contributed by atoms with E-state index in [2.05, 4.69) is 14.7 Å². The topological polar surface area (TPSA) is 73.3 Å². The van der Waals surface area contributed by atoms with E-state index < -0.39 is 0 Å². The monoisotopic (exact) mass is 337 g/mol. The molecule has 1 amide bonds. The van der Waals surface area contributed by atoms with Crippen molar-refractivity contribution in [1.82, 2.24) is 9.36 Å². The molecule has 0 aliphatic carbocycles. The van der Waals surface area contributed by atoms with Gasteiger partial charge in [-0.2, -0.15) is 9.36 Å². The minimum Gasteiger partial charge on any atom is -0.497 e. The number of carbonyl (C=O) groups excluding carboxylic acids is 1. The van der Waals surface area contributed by atoms with Crippen LogP contribution in [0.2, 0.25) is 0 Å². The van der Waals surface area contributed by atoms with E-state index in [1.165, 1.54) is 23.3 Å². The molecule has 116 valence electrons. The number of aromatic nitrogens is 2. The molecule has 0 bridgehead atoms. The lowest BCUT2D eigenvalue weighted by Gasteiger charge is -2.07. The van der Waals surface area contributed by atoms with E-state index in [4.69, 9.17) is 9.47 Å². The Labute approximate surface area is 136 Å². The zero-order valence-corrected chi connectivity index (χ0v) is 13.6. The van der Waals surface area contributed by atoms with Crippen LogP contribution in [0.4, 0.5) is 5.13 Å². The van der Waals surface area contributed by atoms with Gasteiger partial charge in [-0.15, -0.1) is 0 Å². The second-order valence-corrected chi connectivity index (χ2v) is 6.44. The molecule has 1 N–H and O–H groups in total. The molecule has 0 spiro atoms. The third-order valence-corrected chi connectivity index (χ3v) is 4.75. The van der Waals surface area contributed by atoms with E-state index in [1.807, 2.05) is 24.3 Å². The molecular weight excluding hydrogens is 322 g/mol. The van der Waals surface area contributed by atoms with Crippen molar-refractivity contribution in [3.05, 3.63) is 24.3 Å². The quantitative estimate of drug-likeness (QED) is 0.904. The van der Waals surface area contributed by atoms with Crippen LogP contribution in [0.15, 0.2) is 34.3 Å². The Hall–Kier alpha value is -1.64. The maximum atomic E-state index is 11.9. The first-order valence-corrected chi connectivity index (χ1v) is 8.41. The summed E-state index contributed by atoms with van der Waals surface area (Å²) in [4.78, 5) is 17.3. The highest BCUT2D eigenvalue weighted by Gasteiger charge is 2.24. The third kappa shape index (κ3) is 3.76. The standard InChI is InChI=1S/C14H15N3O3S2/c1-19-9-4-6-10(7-5-9)21-14-16-13(22-17-14)15-12(18)11-3-2-8-20-11/h4-7,11H,2-3,8H2,1H3,(H,15,16,17,18). The van der Waals surface area contributed by atoms with Crippen LogP contribution in [0.1, 0.15) is 12.8 Å². The van der Waals surface area contributed by atoms with Crippen LogP contribution in [0.5, 0.6) is 5.75 Å². The van der Waals surface area contributed by atoms with E-state index in [0.717, 1.165) is 23.5 Å². The van der Waals surface area contributed by atoms with Crippen LogP contribution in [-0.4, -0.2) is 35.1 Å². The molecule has 1 atom stereocenters. The second-order valence-electron chi connectivity index (χ2n) is 4.65. The number of amides is 1. The van der Waals surface area contributed by atoms with Gasteiger partial charge in [-0.3, -0.25) is 10.1 Å². The summed E-state index contributed by atoms with van der Waals surface area (Å²) in [5.74, 6) is 0.662. The van der Waals surface area contributed by atoms with E-state index in [0.29, 0.717) is 16.9 Å². The number of rotatable bonds is 5. The normalized spacial score (nSPS) is 17.4. The summed E-state index contributed by atoms with van der Waals surface area (Å²) in [6.45, 7) is 0.646. The average Bonchev–Trinajstić information content (AvgIpc) is 3.20. The molecule has 0 saturated carbocycles. The number of carbonyl (C=O) groups is 1. The van der Waals surface area contributed by atoms with Crippen LogP contribution in [0, 0.1) is 0 Å². The molecule has 8 heteroatoms. The fraction of sp³-hybridized carbons (Fsp3) is 0.357. The summed E-state index contributed by atoms with van der Waals surface area (Å²) >= 11 is 2.61. The smallest absolute Gasteiger partial charge is 0.255 e. The van der Waals surface area contributed by atoms with Gasteiger partial charge in [-0.05, 0) is 48.9 Å². The molecule has 1 aliphatic heterocycles. The Morgan fingerprint density at radius 1 is 1.45 bits per heavy atom. The Bertz CT molecular complexity index is 639. The maximum Gasteiger partial charge on any atom is 0.255 e. The lowest BCUT2D eigenvalue weighted by molar-refractivity contribution is -0.124. The van der Waals surface area contributed by atoms with E-state index in [9.17, 15) is 4.79 Å². The van der Waals surface area contributed by atoms with Crippen molar-refractivity contribution in [3.63, 3.8) is 0 Å².